The topological polar surface area (TPSA) is 63.8 Å². The minimum absolute atomic E-state index is 0.0407. The number of hydrogen-bond donors (Lipinski definition) is 2. The molecule has 0 aromatic rings. The number of nitrogens with two attached hydrogens (primary N) is 1. The summed E-state index contributed by atoms with van der Waals surface area (Å²) < 4.78 is 0. The van der Waals surface area contributed by atoms with Gasteiger partial charge in [-0.15, -0.1) is 0 Å². The fraction of sp³-hybridized carbons (Fsp3) is 0.714. The average molecular weight is 140 g/mol. The lowest BCUT2D eigenvalue weighted by Gasteiger charge is -2.08. The van der Waals surface area contributed by atoms with Crippen molar-refractivity contribution in [3.8, 4) is 6.07 Å². The summed E-state index contributed by atoms with van der Waals surface area (Å²) in [4.78, 5) is 2.99. The lowest BCUT2D eigenvalue weighted by atomic mass is 10.1. The van der Waals surface area contributed by atoms with Gasteiger partial charge in [0.05, 0.1) is 11.6 Å². The summed E-state index contributed by atoms with van der Waals surface area (Å²) in [5.41, 5.74) is 5.41. The maximum absolute atomic E-state index is 8.24. The predicted octanol–water partition coefficient (Wildman–Crippen LogP) is -0.864. The van der Waals surface area contributed by atoms with E-state index in [9.17, 15) is 0 Å². The molecular weight excluding hydrogens is 126 g/mol. The van der Waals surface area contributed by atoms with Gasteiger partial charge in [0.1, 0.15) is 6.42 Å². The second-order valence-corrected chi connectivity index (χ2v) is 3.24. The van der Waals surface area contributed by atoms with Crippen LogP contribution < -0.4 is 10.7 Å². The van der Waals surface area contributed by atoms with Crippen LogP contribution in [0.4, 0.5) is 0 Å². The van der Waals surface area contributed by atoms with E-state index in [1.807, 2.05) is 26.8 Å². The van der Waals surface area contributed by atoms with Crippen molar-refractivity contribution in [1.82, 2.24) is 0 Å². The number of hydrogen-bond acceptors (Lipinski definition) is 1. The molecule has 10 heavy (non-hydrogen) atoms. The Morgan fingerprint density at radius 2 is 2.10 bits per heavy atom. The second kappa shape index (κ2) is 3.21. The molecule has 0 aliphatic rings. The van der Waals surface area contributed by atoms with Crippen molar-refractivity contribution in [2.24, 2.45) is 5.73 Å². The molecule has 0 aliphatic carbocycles. The summed E-state index contributed by atoms with van der Waals surface area (Å²) >= 11 is 0. The lowest BCUT2D eigenvalue weighted by molar-refractivity contribution is -0.540. The first-order valence-electron chi connectivity index (χ1n) is 3.22. The molecule has 0 bridgehead atoms. The third kappa shape index (κ3) is 5.10. The Hall–Kier alpha value is -1.04. The summed E-state index contributed by atoms with van der Waals surface area (Å²) in [5, 5.41) is 8.24. The van der Waals surface area contributed by atoms with E-state index in [0.29, 0.717) is 5.84 Å². The molecule has 0 spiro atoms. The summed E-state index contributed by atoms with van der Waals surface area (Å²) in [6, 6.07) is 1.97. The molecule has 0 saturated heterocycles. The molecule has 0 aliphatic heterocycles. The van der Waals surface area contributed by atoms with E-state index in [-0.39, 0.29) is 12.0 Å². The van der Waals surface area contributed by atoms with E-state index >= 15 is 0 Å². The molecule has 0 atom stereocenters. The molecule has 56 valence electrons. The van der Waals surface area contributed by atoms with E-state index in [1.54, 1.807) is 0 Å². The van der Waals surface area contributed by atoms with Gasteiger partial charge in [-0.2, -0.15) is 5.26 Å². The Morgan fingerprint density at radius 3 is 2.40 bits per heavy atom. The molecule has 0 heterocycles. The minimum atomic E-state index is -0.0407. The fourth-order valence-electron chi connectivity index (χ4n) is 0.611. The van der Waals surface area contributed by atoms with Gasteiger partial charge in [-0.05, 0) is 20.8 Å². The lowest BCUT2D eigenvalue weighted by Crippen LogP contribution is -2.86. The summed E-state index contributed by atoms with van der Waals surface area (Å²) in [6.07, 6.45) is 0.275. The SMILES string of the molecule is CC(C)(C)[NH+]=C(N)CC#N. The maximum atomic E-state index is 8.24. The number of rotatable bonds is 1. The summed E-state index contributed by atoms with van der Waals surface area (Å²) in [6.45, 7) is 5.99. The first-order valence-corrected chi connectivity index (χ1v) is 3.22. The Labute approximate surface area is 61.6 Å². The van der Waals surface area contributed by atoms with E-state index in [0.717, 1.165) is 0 Å². The number of nitrogens with one attached hydrogen (secondary N) is 1. The van der Waals surface area contributed by atoms with Gasteiger partial charge >= 0.3 is 0 Å². The molecule has 3 N–H and O–H groups in total. The summed E-state index contributed by atoms with van der Waals surface area (Å²) in [5.74, 6) is 0.537. The fourth-order valence-corrected chi connectivity index (χ4v) is 0.611. The Kier molecular flexibility index (Phi) is 2.88. The van der Waals surface area contributed by atoms with E-state index in [4.69, 9.17) is 11.0 Å². The molecule has 0 unspecified atom stereocenters. The highest BCUT2D eigenvalue weighted by Gasteiger charge is 2.11. The normalized spacial score (nSPS) is 12.8. The van der Waals surface area contributed by atoms with Gasteiger partial charge in [-0.1, -0.05) is 0 Å². The highest BCUT2D eigenvalue weighted by atomic mass is 14.9. The van der Waals surface area contributed by atoms with E-state index in [2.05, 4.69) is 4.99 Å². The number of nitriles is 1. The van der Waals surface area contributed by atoms with Gasteiger partial charge in [-0.25, -0.2) is 0 Å². The van der Waals surface area contributed by atoms with Crippen molar-refractivity contribution < 1.29 is 4.99 Å². The zero-order valence-corrected chi connectivity index (χ0v) is 6.73. The largest absolute Gasteiger partial charge is 0.290 e. The molecule has 0 fully saturated rings. The number of nitrogens with zero attached hydrogens (tertiary/aromatic N) is 1. The van der Waals surface area contributed by atoms with E-state index < -0.39 is 0 Å². The molecule has 0 rings (SSSR count). The van der Waals surface area contributed by atoms with Crippen LogP contribution in [0.5, 0.6) is 0 Å². The quantitative estimate of drug-likeness (QED) is 0.367. The van der Waals surface area contributed by atoms with Crippen LogP contribution >= 0.6 is 0 Å². The van der Waals surface area contributed by atoms with Gasteiger partial charge in [0.15, 0.2) is 0 Å². The zero-order chi connectivity index (χ0) is 8.20. The predicted molar refractivity (Wildman–Crippen MR) is 40.1 cm³/mol. The van der Waals surface area contributed by atoms with Gasteiger partial charge in [0, 0.05) is 0 Å². The molecule has 3 heteroatoms. The average Bonchev–Trinajstić information content (AvgIpc) is 1.59. The monoisotopic (exact) mass is 140 g/mol. The van der Waals surface area contributed by atoms with Crippen molar-refractivity contribution in [1.29, 1.82) is 5.26 Å². The van der Waals surface area contributed by atoms with Crippen molar-refractivity contribution >= 4 is 5.84 Å². The van der Waals surface area contributed by atoms with Crippen LogP contribution in [0, 0.1) is 11.3 Å². The molecule has 0 aromatic heterocycles. The van der Waals surface area contributed by atoms with Crippen LogP contribution in [0.1, 0.15) is 27.2 Å². The Balaban J connectivity index is 4.06. The smallest absolute Gasteiger partial charge is 0.255 e. The van der Waals surface area contributed by atoms with Crippen molar-refractivity contribution in [3.63, 3.8) is 0 Å². The second-order valence-electron chi connectivity index (χ2n) is 3.24. The van der Waals surface area contributed by atoms with Crippen molar-refractivity contribution in [2.45, 2.75) is 32.7 Å². The van der Waals surface area contributed by atoms with Gasteiger partial charge in [0.2, 0.25) is 0 Å². The maximum Gasteiger partial charge on any atom is 0.255 e. The highest BCUT2D eigenvalue weighted by Crippen LogP contribution is 1.86. The molecule has 0 amide bonds. The van der Waals surface area contributed by atoms with Crippen LogP contribution in [0.25, 0.3) is 0 Å². The van der Waals surface area contributed by atoms with Crippen LogP contribution in [-0.2, 0) is 0 Å². The van der Waals surface area contributed by atoms with Crippen LogP contribution in [0.2, 0.25) is 0 Å². The van der Waals surface area contributed by atoms with Crippen LogP contribution in [0.3, 0.4) is 0 Å². The third-order valence-corrected chi connectivity index (χ3v) is 0.805. The summed E-state index contributed by atoms with van der Waals surface area (Å²) in [7, 11) is 0. The van der Waals surface area contributed by atoms with Crippen LogP contribution in [-0.4, -0.2) is 11.4 Å². The Morgan fingerprint density at radius 1 is 1.60 bits per heavy atom. The van der Waals surface area contributed by atoms with E-state index in [1.165, 1.54) is 0 Å². The molecule has 0 saturated carbocycles. The van der Waals surface area contributed by atoms with Crippen molar-refractivity contribution in [2.75, 3.05) is 0 Å². The van der Waals surface area contributed by atoms with Gasteiger partial charge < -0.3 is 0 Å². The standard InChI is InChI=1S/C7H13N3/c1-7(2,3)10-6(9)4-5-8/h4H2,1-3H3,(H2,9,10)/p+1. The molecule has 0 radical (unpaired) electrons. The zero-order valence-electron chi connectivity index (χ0n) is 6.73. The minimum Gasteiger partial charge on any atom is -0.290 e. The Bertz CT molecular complexity index is 168. The third-order valence-electron chi connectivity index (χ3n) is 0.805. The number of amidine groups is 1. The van der Waals surface area contributed by atoms with Gasteiger partial charge in [0.25, 0.3) is 5.84 Å². The van der Waals surface area contributed by atoms with Crippen LogP contribution in [0.15, 0.2) is 0 Å². The molecular formula is C7H14N3+. The van der Waals surface area contributed by atoms with Gasteiger partial charge in [-0.3, -0.25) is 10.7 Å². The highest BCUT2D eigenvalue weighted by molar-refractivity contribution is 5.76. The molecule has 3 nitrogen and oxygen atoms in total. The first-order chi connectivity index (χ1) is 4.45. The molecule has 0 aromatic carbocycles. The van der Waals surface area contributed by atoms with Crippen molar-refractivity contribution in [3.05, 3.63) is 0 Å². The first kappa shape index (κ1) is 8.96.